The first-order valence-corrected chi connectivity index (χ1v) is 13.0. The summed E-state index contributed by atoms with van der Waals surface area (Å²) in [6.45, 7) is 14.1. The number of nitrogens with zero attached hydrogens (tertiary/aromatic N) is 4. The van der Waals surface area contributed by atoms with E-state index in [-0.39, 0.29) is 5.91 Å². The fourth-order valence-corrected chi connectivity index (χ4v) is 3.84. The fraction of sp³-hybridized carbons (Fsp3) is 0.519. The number of rotatable bonds is 5. The molecule has 3 aliphatic heterocycles. The number of nitrogens with one attached hydrogen (secondary N) is 4. The summed E-state index contributed by atoms with van der Waals surface area (Å²) in [5.74, 6) is 1.25. The summed E-state index contributed by atoms with van der Waals surface area (Å²) < 4.78 is 0. The van der Waals surface area contributed by atoms with Crippen molar-refractivity contribution in [2.75, 3.05) is 63.6 Å². The van der Waals surface area contributed by atoms with Gasteiger partial charge in [0.25, 0.3) is 5.91 Å². The number of amides is 1. The van der Waals surface area contributed by atoms with Crippen molar-refractivity contribution in [2.45, 2.75) is 39.5 Å². The van der Waals surface area contributed by atoms with E-state index in [1.54, 1.807) is 19.0 Å². The fourth-order valence-electron chi connectivity index (χ4n) is 3.84. The topological polar surface area (TPSA) is 96.9 Å². The summed E-state index contributed by atoms with van der Waals surface area (Å²) in [4.78, 5) is 24.7. The third-order valence-electron chi connectivity index (χ3n) is 5.69. The number of aromatic nitrogens is 1. The molecule has 2 fully saturated rings. The zero-order chi connectivity index (χ0) is 26.2. The third kappa shape index (κ3) is 9.83. The van der Waals surface area contributed by atoms with Crippen molar-refractivity contribution >= 4 is 23.2 Å². The maximum atomic E-state index is 12.0. The molecule has 1 aromatic rings. The highest BCUT2D eigenvalue weighted by Crippen LogP contribution is 2.17. The van der Waals surface area contributed by atoms with E-state index in [0.29, 0.717) is 23.8 Å². The Bertz CT molecular complexity index is 883. The lowest BCUT2D eigenvalue weighted by molar-refractivity contribution is -0.125. The molecule has 0 spiro atoms. The molecule has 9 nitrogen and oxygen atoms in total. The Morgan fingerprint density at radius 3 is 2.33 bits per heavy atom. The first-order chi connectivity index (χ1) is 17.6. The minimum absolute atomic E-state index is 0.0521. The number of hydrogen-bond donors (Lipinski definition) is 4. The van der Waals surface area contributed by atoms with Crippen molar-refractivity contribution in [1.29, 1.82) is 0 Å². The highest BCUT2D eigenvalue weighted by Gasteiger charge is 2.18. The predicted octanol–water partition coefficient (Wildman–Crippen LogP) is 3.08. The molecule has 0 bridgehead atoms. The van der Waals surface area contributed by atoms with Crippen LogP contribution < -0.4 is 26.2 Å². The number of anilines is 2. The van der Waals surface area contributed by atoms with Crippen LogP contribution in [0.15, 0.2) is 59.6 Å². The molecule has 4 N–H and O–H groups in total. The molecule has 0 aromatic carbocycles. The third-order valence-corrected chi connectivity index (χ3v) is 5.69. The Balaban J connectivity index is 0.000000491. The summed E-state index contributed by atoms with van der Waals surface area (Å²) in [5.41, 5.74) is 2.57. The minimum atomic E-state index is -0.0521. The average Bonchev–Trinajstić information content (AvgIpc) is 3.40. The van der Waals surface area contributed by atoms with E-state index in [1.165, 1.54) is 38.6 Å². The number of likely N-dealkylation sites (N-methyl/N-ethyl adjacent to an activating group) is 1. The Labute approximate surface area is 216 Å². The lowest BCUT2D eigenvalue weighted by atomic mass is 10.2. The van der Waals surface area contributed by atoms with Gasteiger partial charge >= 0.3 is 0 Å². The molecule has 1 amide bonds. The van der Waals surface area contributed by atoms with Crippen LogP contribution in [0.4, 0.5) is 11.5 Å². The SMILES string of the molecule is C1CCNCC1.C=CN=C(/C=C1\CC=C(C(=O)N(C)C)N1)Nc1ccc(N2CCNCC2)cn1.CC. The van der Waals surface area contributed by atoms with Gasteiger partial charge in [0.1, 0.15) is 17.4 Å². The number of pyridine rings is 1. The van der Waals surface area contributed by atoms with E-state index in [1.807, 2.05) is 38.3 Å². The number of hydrogen-bond acceptors (Lipinski definition) is 7. The van der Waals surface area contributed by atoms with Gasteiger partial charge in [-0.25, -0.2) is 9.98 Å². The zero-order valence-electron chi connectivity index (χ0n) is 22.4. The maximum absolute atomic E-state index is 12.0. The number of carbonyl (C=O) groups is 1. The van der Waals surface area contributed by atoms with Gasteiger partial charge in [0.15, 0.2) is 0 Å². The number of amidine groups is 1. The highest BCUT2D eigenvalue weighted by molar-refractivity contribution is 6.04. The van der Waals surface area contributed by atoms with Crippen molar-refractivity contribution in [3.8, 4) is 0 Å². The minimum Gasteiger partial charge on any atom is -0.368 e. The molecule has 0 atom stereocenters. The molecule has 2 saturated heterocycles. The summed E-state index contributed by atoms with van der Waals surface area (Å²) in [6.07, 6.45) is 11.9. The monoisotopic (exact) mass is 496 g/mol. The summed E-state index contributed by atoms with van der Waals surface area (Å²) >= 11 is 0. The number of carbonyl (C=O) groups excluding carboxylic acids is 1. The molecule has 1 aromatic heterocycles. The lowest BCUT2D eigenvalue weighted by Crippen LogP contribution is -2.43. The van der Waals surface area contributed by atoms with Crippen LogP contribution in [0.1, 0.15) is 39.5 Å². The van der Waals surface area contributed by atoms with Crippen LogP contribution in [-0.2, 0) is 4.79 Å². The molecular formula is C27H44N8O. The van der Waals surface area contributed by atoms with Crippen LogP contribution in [0.25, 0.3) is 0 Å². The van der Waals surface area contributed by atoms with Crippen molar-refractivity contribution in [1.82, 2.24) is 25.8 Å². The molecule has 3 aliphatic rings. The highest BCUT2D eigenvalue weighted by atomic mass is 16.2. The van der Waals surface area contributed by atoms with Gasteiger partial charge < -0.3 is 31.1 Å². The van der Waals surface area contributed by atoms with Crippen LogP contribution in [0, 0.1) is 0 Å². The first-order valence-electron chi connectivity index (χ1n) is 13.0. The van der Waals surface area contributed by atoms with Crippen LogP contribution in [0.3, 0.4) is 0 Å². The van der Waals surface area contributed by atoms with Crippen molar-refractivity contribution in [3.63, 3.8) is 0 Å². The van der Waals surface area contributed by atoms with Crippen molar-refractivity contribution < 1.29 is 4.79 Å². The van der Waals surface area contributed by atoms with Gasteiger partial charge in [0.2, 0.25) is 0 Å². The first kappa shape index (κ1) is 29.1. The number of allylic oxidation sites excluding steroid dienone is 1. The predicted molar refractivity (Wildman–Crippen MR) is 151 cm³/mol. The molecule has 0 unspecified atom stereocenters. The van der Waals surface area contributed by atoms with Gasteiger partial charge in [0, 0.05) is 64.7 Å². The van der Waals surface area contributed by atoms with E-state index >= 15 is 0 Å². The van der Waals surface area contributed by atoms with E-state index in [9.17, 15) is 4.79 Å². The Kier molecular flexibility index (Phi) is 13.3. The zero-order valence-corrected chi connectivity index (χ0v) is 22.4. The number of piperidine rings is 1. The Morgan fingerprint density at radius 1 is 1.11 bits per heavy atom. The van der Waals surface area contributed by atoms with Gasteiger partial charge in [-0.1, -0.05) is 26.8 Å². The van der Waals surface area contributed by atoms with Crippen LogP contribution >= 0.6 is 0 Å². The molecule has 0 aliphatic carbocycles. The van der Waals surface area contributed by atoms with Crippen LogP contribution in [0.2, 0.25) is 0 Å². The normalized spacial score (nSPS) is 18.6. The Hall–Kier alpha value is -3.17. The molecule has 36 heavy (non-hydrogen) atoms. The standard InChI is InChI=1S/C20H27N7O.C5H11N.C2H6/c1-4-22-19(13-15-5-7-17(24-15)20(28)26(2)3)25-18-8-6-16(14-23-18)27-11-9-21-10-12-27;1-2-4-6-5-3-1;1-2/h4,6-8,13-14,21,24H,1,5,9-12H2,2-3H3,(H,22,23,25);6H,1-5H2;1-2H3/b15-13+;;. The molecule has 0 saturated carbocycles. The summed E-state index contributed by atoms with van der Waals surface area (Å²) in [6, 6.07) is 4.00. The summed E-state index contributed by atoms with van der Waals surface area (Å²) in [5, 5.41) is 13.0. The van der Waals surface area contributed by atoms with E-state index in [4.69, 9.17) is 0 Å². The van der Waals surface area contributed by atoms with Crippen molar-refractivity contribution in [2.24, 2.45) is 4.99 Å². The van der Waals surface area contributed by atoms with E-state index in [0.717, 1.165) is 37.6 Å². The maximum Gasteiger partial charge on any atom is 0.269 e. The van der Waals surface area contributed by atoms with Crippen LogP contribution in [-0.4, -0.2) is 75.0 Å². The number of piperazine rings is 1. The molecule has 198 valence electrons. The molecule has 4 rings (SSSR count). The second-order valence-corrected chi connectivity index (χ2v) is 8.59. The molecule has 9 heteroatoms. The lowest BCUT2D eigenvalue weighted by Gasteiger charge is -2.29. The average molecular weight is 497 g/mol. The smallest absolute Gasteiger partial charge is 0.269 e. The number of aliphatic imine (C=N–C) groups is 1. The van der Waals surface area contributed by atoms with Crippen LogP contribution in [0.5, 0.6) is 0 Å². The second-order valence-electron chi connectivity index (χ2n) is 8.59. The summed E-state index contributed by atoms with van der Waals surface area (Å²) in [7, 11) is 3.46. The molecule has 0 radical (unpaired) electrons. The molecule has 4 heterocycles. The van der Waals surface area contributed by atoms with Gasteiger partial charge in [-0.05, 0) is 44.1 Å². The second kappa shape index (κ2) is 16.5. The largest absolute Gasteiger partial charge is 0.368 e. The van der Waals surface area contributed by atoms with Gasteiger partial charge in [-0.3, -0.25) is 4.79 Å². The van der Waals surface area contributed by atoms with Gasteiger partial charge in [-0.2, -0.15) is 0 Å². The van der Waals surface area contributed by atoms with Gasteiger partial charge in [0.05, 0.1) is 11.9 Å². The Morgan fingerprint density at radius 2 is 1.81 bits per heavy atom. The molecular weight excluding hydrogens is 452 g/mol. The van der Waals surface area contributed by atoms with E-state index in [2.05, 4.69) is 48.8 Å². The van der Waals surface area contributed by atoms with Gasteiger partial charge in [-0.15, -0.1) is 0 Å². The van der Waals surface area contributed by atoms with Crippen molar-refractivity contribution in [3.05, 3.63) is 54.7 Å². The van der Waals surface area contributed by atoms with E-state index < -0.39 is 0 Å². The quantitative estimate of drug-likeness (QED) is 0.367.